The van der Waals surface area contributed by atoms with Crippen molar-refractivity contribution in [1.29, 1.82) is 0 Å². The highest BCUT2D eigenvalue weighted by molar-refractivity contribution is 5.75. The van der Waals surface area contributed by atoms with Gasteiger partial charge in [-0.2, -0.15) is 0 Å². The summed E-state index contributed by atoms with van der Waals surface area (Å²) in [5.74, 6) is 0.878. The first-order valence-corrected chi connectivity index (χ1v) is 7.09. The molecule has 0 radical (unpaired) electrons. The van der Waals surface area contributed by atoms with Crippen LogP contribution in [0, 0.1) is 13.8 Å². The van der Waals surface area contributed by atoms with Gasteiger partial charge in [0.1, 0.15) is 5.82 Å². The van der Waals surface area contributed by atoms with Gasteiger partial charge in [-0.05, 0) is 32.0 Å². The number of aliphatic hydroxyl groups is 1. The van der Waals surface area contributed by atoms with Crippen molar-refractivity contribution in [1.82, 2.24) is 14.5 Å². The van der Waals surface area contributed by atoms with Crippen LogP contribution in [0.3, 0.4) is 0 Å². The molecule has 2 aromatic heterocycles. The number of imidazole rings is 1. The van der Waals surface area contributed by atoms with Gasteiger partial charge in [-0.25, -0.2) is 4.98 Å². The molecule has 0 fully saturated rings. The van der Waals surface area contributed by atoms with Crippen LogP contribution in [0.15, 0.2) is 36.4 Å². The quantitative estimate of drug-likeness (QED) is 0.803. The van der Waals surface area contributed by atoms with E-state index >= 15 is 0 Å². The molecule has 4 nitrogen and oxygen atoms in total. The Bertz CT molecular complexity index is 792. The number of aryl methyl sites for hydroxylation is 3. The minimum atomic E-state index is -0.589. The van der Waals surface area contributed by atoms with E-state index in [1.807, 2.05) is 61.9 Å². The second-order valence-electron chi connectivity index (χ2n) is 5.42. The second kappa shape index (κ2) is 5.30. The lowest BCUT2D eigenvalue weighted by atomic mass is 10.0. The SMILES string of the molecule is Cc1ccc(C(O)Cc2nc3ccccc3n2C)c(C)n1. The van der Waals surface area contributed by atoms with E-state index in [9.17, 15) is 5.11 Å². The third kappa shape index (κ3) is 2.54. The molecule has 21 heavy (non-hydrogen) atoms. The summed E-state index contributed by atoms with van der Waals surface area (Å²) in [7, 11) is 1.98. The predicted molar refractivity (Wildman–Crippen MR) is 83.1 cm³/mol. The van der Waals surface area contributed by atoms with Gasteiger partial charge >= 0.3 is 0 Å². The van der Waals surface area contributed by atoms with Crippen molar-refractivity contribution in [3.05, 3.63) is 59.2 Å². The zero-order chi connectivity index (χ0) is 15.0. The molecule has 1 atom stereocenters. The molecule has 0 aliphatic carbocycles. The molecule has 0 bridgehead atoms. The molecule has 3 rings (SSSR count). The number of hydrogen-bond acceptors (Lipinski definition) is 3. The fourth-order valence-corrected chi connectivity index (χ4v) is 2.71. The maximum absolute atomic E-state index is 10.5. The van der Waals surface area contributed by atoms with Crippen LogP contribution in [-0.2, 0) is 13.5 Å². The van der Waals surface area contributed by atoms with E-state index in [1.54, 1.807) is 0 Å². The van der Waals surface area contributed by atoms with Crippen molar-refractivity contribution in [3.8, 4) is 0 Å². The molecule has 0 saturated heterocycles. The van der Waals surface area contributed by atoms with Crippen LogP contribution in [0.4, 0.5) is 0 Å². The Balaban J connectivity index is 1.92. The van der Waals surface area contributed by atoms with E-state index in [4.69, 9.17) is 0 Å². The smallest absolute Gasteiger partial charge is 0.112 e. The summed E-state index contributed by atoms with van der Waals surface area (Å²) in [6.45, 7) is 3.88. The van der Waals surface area contributed by atoms with E-state index in [2.05, 4.69) is 9.97 Å². The van der Waals surface area contributed by atoms with Crippen LogP contribution in [0.25, 0.3) is 11.0 Å². The molecular formula is C17H19N3O. The topological polar surface area (TPSA) is 50.9 Å². The van der Waals surface area contributed by atoms with Gasteiger partial charge in [0.05, 0.1) is 17.1 Å². The minimum absolute atomic E-state index is 0.483. The number of benzene rings is 1. The summed E-state index contributed by atoms with van der Waals surface area (Å²) >= 11 is 0. The molecule has 108 valence electrons. The maximum Gasteiger partial charge on any atom is 0.112 e. The molecular weight excluding hydrogens is 262 g/mol. The highest BCUT2D eigenvalue weighted by atomic mass is 16.3. The summed E-state index contributed by atoms with van der Waals surface area (Å²) in [5.41, 5.74) is 4.75. The third-order valence-electron chi connectivity index (χ3n) is 3.88. The summed E-state index contributed by atoms with van der Waals surface area (Å²) in [4.78, 5) is 9.02. The Kier molecular flexibility index (Phi) is 3.47. The van der Waals surface area contributed by atoms with Crippen LogP contribution >= 0.6 is 0 Å². The highest BCUT2D eigenvalue weighted by Gasteiger charge is 2.16. The van der Waals surface area contributed by atoms with Gasteiger partial charge in [-0.3, -0.25) is 4.98 Å². The Labute approximate surface area is 124 Å². The first kappa shape index (κ1) is 13.8. The van der Waals surface area contributed by atoms with Crippen molar-refractivity contribution in [2.24, 2.45) is 7.05 Å². The van der Waals surface area contributed by atoms with E-state index in [1.165, 1.54) is 0 Å². The first-order chi connectivity index (χ1) is 10.1. The highest BCUT2D eigenvalue weighted by Crippen LogP contribution is 2.22. The van der Waals surface area contributed by atoms with Gasteiger partial charge < -0.3 is 9.67 Å². The number of para-hydroxylation sites is 2. The number of pyridine rings is 1. The second-order valence-corrected chi connectivity index (χ2v) is 5.42. The molecule has 4 heteroatoms. The van der Waals surface area contributed by atoms with E-state index in [0.29, 0.717) is 6.42 Å². The lowest BCUT2D eigenvalue weighted by molar-refractivity contribution is 0.174. The molecule has 1 aromatic carbocycles. The van der Waals surface area contributed by atoms with E-state index in [-0.39, 0.29) is 0 Å². The van der Waals surface area contributed by atoms with Crippen molar-refractivity contribution < 1.29 is 5.11 Å². The van der Waals surface area contributed by atoms with Crippen LogP contribution in [0.1, 0.15) is 28.9 Å². The van der Waals surface area contributed by atoms with Gasteiger partial charge in [0.15, 0.2) is 0 Å². The molecule has 0 saturated carbocycles. The summed E-state index contributed by atoms with van der Waals surface area (Å²) < 4.78 is 2.04. The Morgan fingerprint density at radius 2 is 1.86 bits per heavy atom. The normalized spacial score (nSPS) is 12.8. The van der Waals surface area contributed by atoms with E-state index in [0.717, 1.165) is 33.8 Å². The van der Waals surface area contributed by atoms with Crippen molar-refractivity contribution in [2.45, 2.75) is 26.4 Å². The Morgan fingerprint density at radius 1 is 1.10 bits per heavy atom. The van der Waals surface area contributed by atoms with Gasteiger partial charge in [0.25, 0.3) is 0 Å². The number of aromatic nitrogens is 3. The summed E-state index contributed by atoms with van der Waals surface area (Å²) in [6.07, 6.45) is -0.106. The monoisotopic (exact) mass is 281 g/mol. The van der Waals surface area contributed by atoms with Crippen LogP contribution in [0.5, 0.6) is 0 Å². The number of rotatable bonds is 3. The largest absolute Gasteiger partial charge is 0.388 e. The Morgan fingerprint density at radius 3 is 2.57 bits per heavy atom. The molecule has 0 amide bonds. The number of nitrogens with zero attached hydrogens (tertiary/aromatic N) is 3. The zero-order valence-electron chi connectivity index (χ0n) is 12.5. The molecule has 0 aliphatic heterocycles. The van der Waals surface area contributed by atoms with E-state index < -0.39 is 6.10 Å². The molecule has 1 unspecified atom stereocenters. The minimum Gasteiger partial charge on any atom is -0.388 e. The van der Waals surface area contributed by atoms with Crippen molar-refractivity contribution in [2.75, 3.05) is 0 Å². The predicted octanol–water partition coefficient (Wildman–Crippen LogP) is 2.86. The molecule has 3 aromatic rings. The lowest BCUT2D eigenvalue weighted by Crippen LogP contribution is -2.09. The van der Waals surface area contributed by atoms with Crippen LogP contribution < -0.4 is 0 Å². The molecule has 0 spiro atoms. The van der Waals surface area contributed by atoms with Crippen molar-refractivity contribution >= 4 is 11.0 Å². The lowest BCUT2D eigenvalue weighted by Gasteiger charge is -2.13. The molecule has 2 heterocycles. The maximum atomic E-state index is 10.5. The van der Waals surface area contributed by atoms with Gasteiger partial charge in [-0.15, -0.1) is 0 Å². The first-order valence-electron chi connectivity index (χ1n) is 7.09. The zero-order valence-corrected chi connectivity index (χ0v) is 12.5. The fraction of sp³-hybridized carbons (Fsp3) is 0.294. The third-order valence-corrected chi connectivity index (χ3v) is 3.88. The van der Waals surface area contributed by atoms with Gasteiger partial charge in [0.2, 0.25) is 0 Å². The molecule has 1 N–H and O–H groups in total. The summed E-state index contributed by atoms with van der Waals surface area (Å²) in [6, 6.07) is 11.9. The average Bonchev–Trinajstić information content (AvgIpc) is 2.76. The van der Waals surface area contributed by atoms with Crippen molar-refractivity contribution in [3.63, 3.8) is 0 Å². The standard InChI is InChI=1S/C17H19N3O/c1-11-8-9-13(12(2)18-11)16(21)10-17-19-14-6-4-5-7-15(14)20(17)3/h4-9,16,21H,10H2,1-3H3. The van der Waals surface area contributed by atoms with Crippen LogP contribution in [0.2, 0.25) is 0 Å². The average molecular weight is 281 g/mol. The van der Waals surface area contributed by atoms with Gasteiger partial charge in [0, 0.05) is 30.4 Å². The van der Waals surface area contributed by atoms with Crippen LogP contribution in [-0.4, -0.2) is 19.6 Å². The Hall–Kier alpha value is -2.20. The number of fused-ring (bicyclic) bond motifs is 1. The number of hydrogen-bond donors (Lipinski definition) is 1. The fourth-order valence-electron chi connectivity index (χ4n) is 2.71. The molecule has 0 aliphatic rings. The summed E-state index contributed by atoms with van der Waals surface area (Å²) in [5, 5.41) is 10.5. The number of aliphatic hydroxyl groups excluding tert-OH is 1. The van der Waals surface area contributed by atoms with Gasteiger partial charge in [-0.1, -0.05) is 18.2 Å².